The van der Waals surface area contributed by atoms with Gasteiger partial charge in [-0.15, -0.1) is 0 Å². The maximum absolute atomic E-state index is 12.8. The summed E-state index contributed by atoms with van der Waals surface area (Å²) in [4.78, 5) is 18.0. The molecule has 118 valence electrons. The lowest BCUT2D eigenvalue weighted by Gasteiger charge is -2.23. The van der Waals surface area contributed by atoms with Crippen LogP contribution >= 0.6 is 0 Å². The van der Waals surface area contributed by atoms with Crippen molar-refractivity contribution in [2.45, 2.75) is 32.2 Å². The lowest BCUT2D eigenvalue weighted by atomic mass is 10.1. The fraction of sp³-hybridized carbons (Fsp3) is 0.333. The molecule has 1 amide bonds. The Morgan fingerprint density at radius 2 is 2.30 bits per heavy atom. The first kappa shape index (κ1) is 14.1. The number of amides is 1. The zero-order valence-corrected chi connectivity index (χ0v) is 13.1. The van der Waals surface area contributed by atoms with Crippen molar-refractivity contribution in [1.82, 2.24) is 15.0 Å². The predicted molar refractivity (Wildman–Crippen MR) is 86.9 cm³/mol. The molecular formula is C18H19N3O2. The van der Waals surface area contributed by atoms with Crippen LogP contribution in [0.2, 0.25) is 0 Å². The van der Waals surface area contributed by atoms with Crippen molar-refractivity contribution in [2.75, 3.05) is 6.54 Å². The molecule has 23 heavy (non-hydrogen) atoms. The van der Waals surface area contributed by atoms with E-state index in [1.807, 2.05) is 42.3 Å². The fourth-order valence-electron chi connectivity index (χ4n) is 3.46. The van der Waals surface area contributed by atoms with Gasteiger partial charge in [-0.25, -0.2) is 0 Å². The summed E-state index contributed by atoms with van der Waals surface area (Å²) in [5.41, 5.74) is 2.99. The normalized spacial score (nSPS) is 18.0. The van der Waals surface area contributed by atoms with Gasteiger partial charge in [-0.1, -0.05) is 23.4 Å². The highest BCUT2D eigenvalue weighted by atomic mass is 16.5. The molecule has 3 aromatic rings. The Morgan fingerprint density at radius 1 is 1.43 bits per heavy atom. The van der Waals surface area contributed by atoms with Crippen LogP contribution in [0.15, 0.2) is 41.1 Å². The molecule has 1 unspecified atom stereocenters. The lowest BCUT2D eigenvalue weighted by Crippen LogP contribution is -2.31. The Bertz CT molecular complexity index is 849. The molecule has 1 aliphatic heterocycles. The van der Waals surface area contributed by atoms with Gasteiger partial charge in [0, 0.05) is 29.7 Å². The van der Waals surface area contributed by atoms with Crippen molar-refractivity contribution in [3.63, 3.8) is 0 Å². The minimum atomic E-state index is 0.0464. The number of aryl methyl sites for hydroxylation is 1. The van der Waals surface area contributed by atoms with E-state index in [-0.39, 0.29) is 11.9 Å². The van der Waals surface area contributed by atoms with Crippen LogP contribution in [0.5, 0.6) is 0 Å². The van der Waals surface area contributed by atoms with E-state index in [1.54, 1.807) is 0 Å². The number of hydrogen-bond donors (Lipinski definition) is 1. The Kier molecular flexibility index (Phi) is 3.41. The fourth-order valence-corrected chi connectivity index (χ4v) is 3.46. The van der Waals surface area contributed by atoms with Gasteiger partial charge in [-0.3, -0.25) is 4.79 Å². The molecule has 1 aromatic carbocycles. The van der Waals surface area contributed by atoms with E-state index >= 15 is 0 Å². The van der Waals surface area contributed by atoms with Gasteiger partial charge in [-0.05, 0) is 31.4 Å². The summed E-state index contributed by atoms with van der Waals surface area (Å²) in [6, 6.07) is 10.1. The van der Waals surface area contributed by atoms with E-state index in [4.69, 9.17) is 4.52 Å². The molecule has 1 fully saturated rings. The molecule has 5 nitrogen and oxygen atoms in total. The number of nitrogens with one attached hydrogen (secondary N) is 1. The number of carbonyl (C=O) groups excluding carboxylic acids is 1. The molecule has 1 N–H and O–H groups in total. The second-order valence-electron chi connectivity index (χ2n) is 6.14. The molecule has 1 saturated heterocycles. The molecule has 5 heteroatoms. The van der Waals surface area contributed by atoms with Gasteiger partial charge in [0.25, 0.3) is 0 Å². The molecule has 3 heterocycles. The maximum atomic E-state index is 12.8. The zero-order valence-electron chi connectivity index (χ0n) is 13.1. The number of para-hydroxylation sites is 1. The number of nitrogens with zero attached hydrogens (tertiary/aromatic N) is 2. The molecule has 0 bridgehead atoms. The van der Waals surface area contributed by atoms with Crippen LogP contribution in [0.4, 0.5) is 0 Å². The van der Waals surface area contributed by atoms with E-state index in [0.29, 0.717) is 6.42 Å². The molecular weight excluding hydrogens is 290 g/mol. The number of rotatable bonds is 3. The molecule has 4 rings (SSSR count). The zero-order chi connectivity index (χ0) is 15.8. The number of carbonyl (C=O) groups is 1. The minimum Gasteiger partial charge on any atom is -0.361 e. The third kappa shape index (κ3) is 2.52. The molecule has 0 saturated carbocycles. The molecule has 0 radical (unpaired) electrons. The first-order chi connectivity index (χ1) is 11.2. The highest BCUT2D eigenvalue weighted by molar-refractivity contribution is 5.89. The van der Waals surface area contributed by atoms with Gasteiger partial charge in [0.15, 0.2) is 0 Å². The first-order valence-corrected chi connectivity index (χ1v) is 8.00. The van der Waals surface area contributed by atoms with Crippen molar-refractivity contribution in [3.05, 3.63) is 53.5 Å². The maximum Gasteiger partial charge on any atom is 0.227 e. The van der Waals surface area contributed by atoms with Crippen molar-refractivity contribution in [3.8, 4) is 0 Å². The number of hydrogen-bond acceptors (Lipinski definition) is 3. The van der Waals surface area contributed by atoms with E-state index in [0.717, 1.165) is 47.3 Å². The highest BCUT2D eigenvalue weighted by Gasteiger charge is 2.32. The Hall–Kier alpha value is -2.56. The summed E-state index contributed by atoms with van der Waals surface area (Å²) < 4.78 is 5.18. The number of benzene rings is 1. The van der Waals surface area contributed by atoms with Crippen molar-refractivity contribution in [1.29, 1.82) is 0 Å². The largest absolute Gasteiger partial charge is 0.361 e. The summed E-state index contributed by atoms with van der Waals surface area (Å²) in [6.07, 6.45) is 4.31. The summed E-state index contributed by atoms with van der Waals surface area (Å²) in [5, 5.41) is 5.22. The van der Waals surface area contributed by atoms with Gasteiger partial charge in [0.1, 0.15) is 11.5 Å². The second kappa shape index (κ2) is 5.57. The molecule has 0 spiro atoms. The van der Waals surface area contributed by atoms with Crippen LogP contribution in [-0.4, -0.2) is 27.5 Å². The standard InChI is InChI=1S/C18H19N3O2/c1-12-9-16(20-23-12)17-7-4-8-21(17)18(22)10-13-11-19-15-6-3-2-5-14(13)15/h2-3,5-6,9,11,17,19H,4,7-8,10H2,1H3. The Morgan fingerprint density at radius 3 is 3.13 bits per heavy atom. The minimum absolute atomic E-state index is 0.0464. The molecule has 0 aliphatic carbocycles. The summed E-state index contributed by atoms with van der Waals surface area (Å²) in [6.45, 7) is 2.67. The third-order valence-corrected chi connectivity index (χ3v) is 4.58. The number of fused-ring (bicyclic) bond motifs is 1. The third-order valence-electron chi connectivity index (χ3n) is 4.58. The van der Waals surface area contributed by atoms with Gasteiger partial charge >= 0.3 is 0 Å². The van der Waals surface area contributed by atoms with Crippen molar-refractivity contribution in [2.24, 2.45) is 0 Å². The van der Waals surface area contributed by atoms with Crippen LogP contribution in [0.3, 0.4) is 0 Å². The smallest absolute Gasteiger partial charge is 0.227 e. The number of aromatic amines is 1. The second-order valence-corrected chi connectivity index (χ2v) is 6.14. The lowest BCUT2D eigenvalue weighted by molar-refractivity contribution is -0.131. The van der Waals surface area contributed by atoms with E-state index in [2.05, 4.69) is 16.2 Å². The predicted octanol–water partition coefficient (Wildman–Crippen LogP) is 3.37. The molecule has 1 atom stereocenters. The number of likely N-dealkylation sites (tertiary alicyclic amines) is 1. The number of aromatic nitrogens is 2. The highest BCUT2D eigenvalue weighted by Crippen LogP contribution is 2.32. The summed E-state index contributed by atoms with van der Waals surface area (Å²) >= 11 is 0. The SMILES string of the molecule is Cc1cc(C2CCCN2C(=O)Cc2c[nH]c3ccccc23)no1. The quantitative estimate of drug-likeness (QED) is 0.807. The Balaban J connectivity index is 1.56. The monoisotopic (exact) mass is 309 g/mol. The van der Waals surface area contributed by atoms with Crippen LogP contribution in [0.25, 0.3) is 10.9 Å². The molecule has 2 aromatic heterocycles. The van der Waals surface area contributed by atoms with Crippen LogP contribution in [-0.2, 0) is 11.2 Å². The Labute approximate surface area is 134 Å². The van der Waals surface area contributed by atoms with Gasteiger partial charge in [0.2, 0.25) is 5.91 Å². The van der Waals surface area contributed by atoms with Crippen LogP contribution in [0, 0.1) is 6.92 Å². The topological polar surface area (TPSA) is 62.1 Å². The van der Waals surface area contributed by atoms with Crippen LogP contribution in [0.1, 0.15) is 35.9 Å². The summed E-state index contributed by atoms with van der Waals surface area (Å²) in [7, 11) is 0. The van der Waals surface area contributed by atoms with E-state index < -0.39 is 0 Å². The average Bonchev–Trinajstić information content (AvgIpc) is 3.26. The first-order valence-electron chi connectivity index (χ1n) is 8.00. The van der Waals surface area contributed by atoms with Gasteiger partial charge < -0.3 is 14.4 Å². The number of H-pyrrole nitrogens is 1. The van der Waals surface area contributed by atoms with Gasteiger partial charge in [0.05, 0.1) is 12.5 Å². The summed E-state index contributed by atoms with van der Waals surface area (Å²) in [5.74, 6) is 0.939. The van der Waals surface area contributed by atoms with Crippen LogP contribution < -0.4 is 0 Å². The van der Waals surface area contributed by atoms with Crippen molar-refractivity contribution < 1.29 is 9.32 Å². The average molecular weight is 309 g/mol. The van der Waals surface area contributed by atoms with E-state index in [9.17, 15) is 4.79 Å². The van der Waals surface area contributed by atoms with Crippen molar-refractivity contribution >= 4 is 16.8 Å². The van der Waals surface area contributed by atoms with Gasteiger partial charge in [-0.2, -0.15) is 0 Å². The molecule has 1 aliphatic rings. The van der Waals surface area contributed by atoms with E-state index in [1.165, 1.54) is 0 Å².